The molecule has 4 bridgehead atoms. The molecule has 2 saturated heterocycles. The Morgan fingerprint density at radius 1 is 1.00 bits per heavy atom. The zero-order valence-electron chi connectivity index (χ0n) is 23.4. The first kappa shape index (κ1) is 30.3. The molecular formula is C31H46O7. The molecule has 2 fully saturated rings. The summed E-state index contributed by atoms with van der Waals surface area (Å²) in [4.78, 5) is 24.3. The lowest BCUT2D eigenvalue weighted by Crippen LogP contribution is -2.40. The second kappa shape index (κ2) is 15.4. The van der Waals surface area contributed by atoms with E-state index in [1.54, 1.807) is 0 Å². The standard InChI is InChI=1S/C31H46O7/c1-21(16-30(33)35-4)9-6-5-7-12-29-23(3)14-13-22(2)15-25-10-8-11-26(36-25)19-27-17-24(32)18-28(37-27)20-31(34)38-29/h5-7,9,12-14,22-29,32H,8,10-11,15-20H2,1-4H3/b6-5-,12-7+,14-13+,21-9+/t22-,23-,24+,25+,26-,27+,28-,29-/m0/s1. The summed E-state index contributed by atoms with van der Waals surface area (Å²) in [5, 5.41) is 10.5. The fourth-order valence-electron chi connectivity index (χ4n) is 5.48. The maximum absolute atomic E-state index is 12.9. The van der Waals surface area contributed by atoms with Crippen molar-refractivity contribution in [3.63, 3.8) is 0 Å². The number of fused-ring (bicyclic) bond motifs is 4. The number of cyclic esters (lactones) is 1. The van der Waals surface area contributed by atoms with Crippen molar-refractivity contribution in [3.05, 3.63) is 48.1 Å². The molecule has 3 rings (SSSR count). The molecule has 8 atom stereocenters. The van der Waals surface area contributed by atoms with Crippen LogP contribution in [0, 0.1) is 11.8 Å². The van der Waals surface area contributed by atoms with Crippen LogP contribution in [0.4, 0.5) is 0 Å². The Labute approximate surface area is 227 Å². The van der Waals surface area contributed by atoms with Crippen LogP contribution >= 0.6 is 0 Å². The van der Waals surface area contributed by atoms with E-state index in [0.29, 0.717) is 18.8 Å². The number of aliphatic hydroxyl groups is 1. The number of carbonyl (C=O) groups is 2. The van der Waals surface area contributed by atoms with Crippen molar-refractivity contribution in [3.8, 4) is 0 Å². The molecule has 0 spiro atoms. The van der Waals surface area contributed by atoms with E-state index in [2.05, 4.69) is 19.1 Å². The van der Waals surface area contributed by atoms with Gasteiger partial charge in [0.25, 0.3) is 0 Å². The quantitative estimate of drug-likeness (QED) is 0.290. The highest BCUT2D eigenvalue weighted by Crippen LogP contribution is 2.31. The molecule has 0 unspecified atom stereocenters. The number of methoxy groups -OCH3 is 1. The van der Waals surface area contributed by atoms with Crippen LogP contribution in [-0.4, -0.2) is 60.8 Å². The summed E-state index contributed by atoms with van der Waals surface area (Å²) < 4.78 is 23.3. The van der Waals surface area contributed by atoms with Crippen molar-refractivity contribution < 1.29 is 33.6 Å². The first-order valence-electron chi connectivity index (χ1n) is 14.2. The van der Waals surface area contributed by atoms with Crippen LogP contribution in [0.1, 0.15) is 78.6 Å². The summed E-state index contributed by atoms with van der Waals surface area (Å²) in [7, 11) is 1.38. The van der Waals surface area contributed by atoms with Crippen LogP contribution in [0.25, 0.3) is 0 Å². The van der Waals surface area contributed by atoms with E-state index in [4.69, 9.17) is 18.9 Å². The average molecular weight is 531 g/mol. The van der Waals surface area contributed by atoms with Crippen LogP contribution in [0.15, 0.2) is 48.1 Å². The molecule has 38 heavy (non-hydrogen) atoms. The molecule has 1 N–H and O–H groups in total. The Morgan fingerprint density at radius 3 is 2.47 bits per heavy atom. The van der Waals surface area contributed by atoms with E-state index >= 15 is 0 Å². The summed E-state index contributed by atoms with van der Waals surface area (Å²) >= 11 is 0. The zero-order valence-corrected chi connectivity index (χ0v) is 23.4. The Morgan fingerprint density at radius 2 is 1.71 bits per heavy atom. The SMILES string of the molecule is COC(=O)C/C(C)=C/C=C\C=C\[C@@H]1OC(=O)C[C@@H]2C[C@H](O)C[C@H](C[C@@H]3CCC[C@H](C[C@@H](C)/C=C/[C@@H]1C)O3)O2. The molecule has 0 amide bonds. The van der Waals surface area contributed by atoms with Gasteiger partial charge in [-0.15, -0.1) is 0 Å². The smallest absolute Gasteiger partial charge is 0.309 e. The minimum Gasteiger partial charge on any atom is -0.469 e. The molecular weight excluding hydrogens is 484 g/mol. The molecule has 0 aromatic rings. The summed E-state index contributed by atoms with van der Waals surface area (Å²) in [5.41, 5.74) is 0.893. The molecule has 7 nitrogen and oxygen atoms in total. The van der Waals surface area contributed by atoms with Gasteiger partial charge in [-0.05, 0) is 57.4 Å². The Bertz CT molecular complexity index is 889. The molecule has 0 aromatic carbocycles. The van der Waals surface area contributed by atoms with Crippen molar-refractivity contribution in [2.45, 2.75) is 115 Å². The van der Waals surface area contributed by atoms with Gasteiger partial charge in [-0.25, -0.2) is 0 Å². The summed E-state index contributed by atoms with van der Waals surface area (Å²) in [6, 6.07) is 0. The number of allylic oxidation sites excluding steroid dienone is 5. The summed E-state index contributed by atoms with van der Waals surface area (Å²) in [6.45, 7) is 6.12. The van der Waals surface area contributed by atoms with Crippen LogP contribution in [0.5, 0.6) is 0 Å². The highest BCUT2D eigenvalue weighted by molar-refractivity contribution is 5.72. The maximum Gasteiger partial charge on any atom is 0.309 e. The number of carbonyl (C=O) groups excluding carboxylic acids is 2. The van der Waals surface area contributed by atoms with Crippen LogP contribution in [-0.2, 0) is 28.5 Å². The first-order valence-corrected chi connectivity index (χ1v) is 14.2. The van der Waals surface area contributed by atoms with E-state index in [1.807, 2.05) is 44.2 Å². The average Bonchev–Trinajstić information content (AvgIpc) is 2.85. The molecule has 0 aromatic heterocycles. The molecule has 0 aliphatic carbocycles. The second-order valence-electron chi connectivity index (χ2n) is 11.2. The number of ether oxygens (including phenoxy) is 4. The Balaban J connectivity index is 1.73. The number of esters is 2. The monoisotopic (exact) mass is 530 g/mol. The second-order valence-corrected chi connectivity index (χ2v) is 11.2. The number of rotatable bonds is 5. The van der Waals surface area contributed by atoms with Crippen molar-refractivity contribution in [2.24, 2.45) is 11.8 Å². The van der Waals surface area contributed by atoms with Gasteiger partial charge in [0.1, 0.15) is 6.10 Å². The highest BCUT2D eigenvalue weighted by Gasteiger charge is 2.34. The summed E-state index contributed by atoms with van der Waals surface area (Å²) in [6.07, 6.45) is 18.9. The zero-order chi connectivity index (χ0) is 27.5. The lowest BCUT2D eigenvalue weighted by Gasteiger charge is -2.37. The number of aliphatic hydroxyl groups excluding tert-OH is 1. The molecule has 212 valence electrons. The molecule has 0 saturated carbocycles. The molecule has 3 heterocycles. The van der Waals surface area contributed by atoms with Gasteiger partial charge in [0.2, 0.25) is 0 Å². The van der Waals surface area contributed by atoms with E-state index in [0.717, 1.165) is 37.7 Å². The van der Waals surface area contributed by atoms with Crippen LogP contribution in [0.3, 0.4) is 0 Å². The normalized spacial score (nSPS) is 36.7. The lowest BCUT2D eigenvalue weighted by molar-refractivity contribution is -0.161. The molecule has 3 aliphatic heterocycles. The van der Waals surface area contributed by atoms with Crippen molar-refractivity contribution in [1.29, 1.82) is 0 Å². The largest absolute Gasteiger partial charge is 0.469 e. The van der Waals surface area contributed by atoms with E-state index in [1.165, 1.54) is 7.11 Å². The predicted molar refractivity (Wildman–Crippen MR) is 146 cm³/mol. The van der Waals surface area contributed by atoms with Gasteiger partial charge in [-0.2, -0.15) is 0 Å². The van der Waals surface area contributed by atoms with Gasteiger partial charge < -0.3 is 24.1 Å². The molecule has 0 radical (unpaired) electrons. The van der Waals surface area contributed by atoms with E-state index in [-0.39, 0.29) is 55.1 Å². The molecule has 7 heteroatoms. The Hall–Kier alpha value is -2.22. The first-order chi connectivity index (χ1) is 18.2. The van der Waals surface area contributed by atoms with Gasteiger partial charge in [-0.1, -0.05) is 55.9 Å². The third kappa shape index (κ3) is 10.5. The van der Waals surface area contributed by atoms with Crippen LogP contribution in [0.2, 0.25) is 0 Å². The Kier molecular flexibility index (Phi) is 12.3. The van der Waals surface area contributed by atoms with Gasteiger partial charge in [0.05, 0.1) is 50.5 Å². The molecule has 3 aliphatic rings. The number of hydrogen-bond donors (Lipinski definition) is 1. The van der Waals surface area contributed by atoms with E-state index < -0.39 is 12.2 Å². The van der Waals surface area contributed by atoms with Crippen molar-refractivity contribution >= 4 is 11.9 Å². The summed E-state index contributed by atoms with van der Waals surface area (Å²) in [5.74, 6) is -0.286. The lowest BCUT2D eigenvalue weighted by atomic mass is 9.90. The van der Waals surface area contributed by atoms with E-state index in [9.17, 15) is 14.7 Å². The van der Waals surface area contributed by atoms with Crippen molar-refractivity contribution in [1.82, 2.24) is 0 Å². The van der Waals surface area contributed by atoms with Gasteiger partial charge >= 0.3 is 11.9 Å². The number of hydrogen-bond acceptors (Lipinski definition) is 7. The fourth-order valence-corrected chi connectivity index (χ4v) is 5.48. The van der Waals surface area contributed by atoms with Gasteiger partial charge in [0.15, 0.2) is 0 Å². The minimum absolute atomic E-state index is 0.0267. The third-order valence-electron chi connectivity index (χ3n) is 7.53. The van der Waals surface area contributed by atoms with Crippen molar-refractivity contribution in [2.75, 3.05) is 7.11 Å². The van der Waals surface area contributed by atoms with Crippen LogP contribution < -0.4 is 0 Å². The highest BCUT2D eigenvalue weighted by atomic mass is 16.6. The van der Waals surface area contributed by atoms with Gasteiger partial charge in [0, 0.05) is 12.3 Å². The minimum atomic E-state index is -0.483. The third-order valence-corrected chi connectivity index (χ3v) is 7.53. The maximum atomic E-state index is 12.9. The van der Waals surface area contributed by atoms with Gasteiger partial charge in [-0.3, -0.25) is 9.59 Å². The topological polar surface area (TPSA) is 91.3 Å². The predicted octanol–water partition coefficient (Wildman–Crippen LogP) is 5.38. The fraction of sp³-hybridized carbons (Fsp3) is 0.677.